The largest absolute Gasteiger partial charge is 0.310 e. The van der Waals surface area contributed by atoms with Crippen LogP contribution in [-0.2, 0) is 0 Å². The topological polar surface area (TPSA) is 12.0 Å². The summed E-state index contributed by atoms with van der Waals surface area (Å²) < 4.78 is 14.3. The maximum atomic E-state index is 13.3. The molecule has 1 aromatic carbocycles. The van der Waals surface area contributed by atoms with E-state index < -0.39 is 0 Å². The van der Waals surface area contributed by atoms with Crippen LogP contribution >= 0.6 is 15.9 Å². The molecule has 0 heterocycles. The predicted octanol–water partition coefficient (Wildman–Crippen LogP) is 5.07. The van der Waals surface area contributed by atoms with E-state index in [9.17, 15) is 4.39 Å². The highest BCUT2D eigenvalue weighted by Crippen LogP contribution is 2.28. The van der Waals surface area contributed by atoms with Crippen molar-refractivity contribution in [1.29, 1.82) is 0 Å². The van der Waals surface area contributed by atoms with Crippen molar-refractivity contribution in [1.82, 2.24) is 5.32 Å². The lowest BCUT2D eigenvalue weighted by Crippen LogP contribution is -2.21. The van der Waals surface area contributed by atoms with Crippen LogP contribution in [0.3, 0.4) is 0 Å². The second-order valence-electron chi connectivity index (χ2n) is 5.10. The summed E-state index contributed by atoms with van der Waals surface area (Å²) in [6.07, 6.45) is 3.43. The van der Waals surface area contributed by atoms with Crippen LogP contribution in [-0.4, -0.2) is 6.54 Å². The van der Waals surface area contributed by atoms with Gasteiger partial charge in [0.2, 0.25) is 0 Å². The summed E-state index contributed by atoms with van der Waals surface area (Å²) in [6.45, 7) is 7.46. The van der Waals surface area contributed by atoms with Gasteiger partial charge in [-0.3, -0.25) is 0 Å². The van der Waals surface area contributed by atoms with E-state index in [-0.39, 0.29) is 11.9 Å². The smallest absolute Gasteiger partial charge is 0.123 e. The molecule has 1 rings (SSSR count). The molecule has 0 amide bonds. The third-order valence-electron chi connectivity index (χ3n) is 3.06. The highest BCUT2D eigenvalue weighted by molar-refractivity contribution is 9.10. The SMILES string of the molecule is CCNC(CCCC(C)C)c1cc(F)ccc1Br. The van der Waals surface area contributed by atoms with Crippen molar-refractivity contribution in [3.05, 3.63) is 34.1 Å². The highest BCUT2D eigenvalue weighted by Gasteiger charge is 2.14. The fourth-order valence-electron chi connectivity index (χ4n) is 2.13. The lowest BCUT2D eigenvalue weighted by atomic mass is 9.98. The molecule has 0 aliphatic rings. The summed E-state index contributed by atoms with van der Waals surface area (Å²) >= 11 is 3.52. The van der Waals surface area contributed by atoms with E-state index >= 15 is 0 Å². The molecule has 0 spiro atoms. The van der Waals surface area contributed by atoms with Gasteiger partial charge in [-0.05, 0) is 42.6 Å². The molecule has 1 unspecified atom stereocenters. The van der Waals surface area contributed by atoms with Crippen LogP contribution in [0.25, 0.3) is 0 Å². The van der Waals surface area contributed by atoms with Crippen molar-refractivity contribution in [2.75, 3.05) is 6.54 Å². The molecule has 102 valence electrons. The van der Waals surface area contributed by atoms with Crippen molar-refractivity contribution < 1.29 is 4.39 Å². The van der Waals surface area contributed by atoms with Crippen LogP contribution in [0.5, 0.6) is 0 Å². The van der Waals surface area contributed by atoms with Gasteiger partial charge in [0, 0.05) is 10.5 Å². The van der Waals surface area contributed by atoms with Crippen molar-refractivity contribution in [3.63, 3.8) is 0 Å². The molecule has 0 aliphatic carbocycles. The lowest BCUT2D eigenvalue weighted by molar-refractivity contribution is 0.452. The van der Waals surface area contributed by atoms with E-state index in [1.807, 2.05) is 0 Å². The minimum Gasteiger partial charge on any atom is -0.310 e. The number of benzene rings is 1. The van der Waals surface area contributed by atoms with Gasteiger partial charge in [-0.1, -0.05) is 49.5 Å². The van der Waals surface area contributed by atoms with Crippen molar-refractivity contribution in [3.8, 4) is 0 Å². The lowest BCUT2D eigenvalue weighted by Gasteiger charge is -2.20. The summed E-state index contributed by atoms with van der Waals surface area (Å²) in [5.74, 6) is 0.559. The molecule has 3 heteroatoms. The van der Waals surface area contributed by atoms with Crippen molar-refractivity contribution in [2.24, 2.45) is 5.92 Å². The molecule has 0 aliphatic heterocycles. The molecule has 0 saturated carbocycles. The maximum absolute atomic E-state index is 13.3. The van der Waals surface area contributed by atoms with Crippen LogP contribution in [0.2, 0.25) is 0 Å². The minimum atomic E-state index is -0.167. The first-order chi connectivity index (χ1) is 8.54. The average Bonchev–Trinajstić information content (AvgIpc) is 2.31. The maximum Gasteiger partial charge on any atom is 0.123 e. The van der Waals surface area contributed by atoms with E-state index in [0.29, 0.717) is 0 Å². The van der Waals surface area contributed by atoms with Gasteiger partial charge in [-0.15, -0.1) is 0 Å². The summed E-state index contributed by atoms with van der Waals surface area (Å²) in [6, 6.07) is 5.15. The molecule has 0 aromatic heterocycles. The second-order valence-corrected chi connectivity index (χ2v) is 5.96. The normalized spacial score (nSPS) is 13.0. The van der Waals surface area contributed by atoms with E-state index in [1.54, 1.807) is 12.1 Å². The van der Waals surface area contributed by atoms with Gasteiger partial charge in [0.15, 0.2) is 0 Å². The van der Waals surface area contributed by atoms with E-state index in [2.05, 4.69) is 42.0 Å². The summed E-state index contributed by atoms with van der Waals surface area (Å²) in [4.78, 5) is 0. The number of nitrogens with one attached hydrogen (secondary N) is 1. The summed E-state index contributed by atoms with van der Waals surface area (Å²) in [7, 11) is 0. The van der Waals surface area contributed by atoms with Crippen LogP contribution in [0, 0.1) is 11.7 Å². The first-order valence-corrected chi connectivity index (χ1v) is 7.52. The van der Waals surface area contributed by atoms with E-state index in [1.165, 1.54) is 12.5 Å². The zero-order chi connectivity index (χ0) is 13.5. The van der Waals surface area contributed by atoms with Gasteiger partial charge >= 0.3 is 0 Å². The molecule has 1 nitrogen and oxygen atoms in total. The number of hydrogen-bond acceptors (Lipinski definition) is 1. The predicted molar refractivity (Wildman–Crippen MR) is 79.2 cm³/mol. The van der Waals surface area contributed by atoms with Crippen LogP contribution in [0.15, 0.2) is 22.7 Å². The van der Waals surface area contributed by atoms with Gasteiger partial charge in [-0.2, -0.15) is 0 Å². The molecular weight excluding hydrogens is 293 g/mol. The molecule has 18 heavy (non-hydrogen) atoms. The van der Waals surface area contributed by atoms with Crippen LogP contribution in [0.4, 0.5) is 4.39 Å². The van der Waals surface area contributed by atoms with Gasteiger partial charge in [0.25, 0.3) is 0 Å². The molecule has 0 radical (unpaired) electrons. The fourth-order valence-corrected chi connectivity index (χ4v) is 2.65. The molecule has 1 atom stereocenters. The molecule has 1 aromatic rings. The molecule has 0 bridgehead atoms. The Morgan fingerprint density at radius 2 is 2.00 bits per heavy atom. The number of halogens is 2. The second kappa shape index (κ2) is 7.90. The first kappa shape index (κ1) is 15.6. The quantitative estimate of drug-likeness (QED) is 0.741. The third-order valence-corrected chi connectivity index (χ3v) is 3.78. The van der Waals surface area contributed by atoms with Crippen LogP contribution < -0.4 is 5.32 Å². The van der Waals surface area contributed by atoms with Crippen molar-refractivity contribution >= 4 is 15.9 Å². The average molecular weight is 316 g/mol. The number of rotatable bonds is 7. The molecular formula is C15H23BrFN. The van der Waals surface area contributed by atoms with E-state index in [0.717, 1.165) is 35.3 Å². The highest BCUT2D eigenvalue weighted by atomic mass is 79.9. The third kappa shape index (κ3) is 5.07. The first-order valence-electron chi connectivity index (χ1n) is 6.73. The number of hydrogen-bond donors (Lipinski definition) is 1. The Morgan fingerprint density at radius 1 is 1.28 bits per heavy atom. The van der Waals surface area contributed by atoms with Gasteiger partial charge in [0.05, 0.1) is 0 Å². The monoisotopic (exact) mass is 315 g/mol. The Bertz CT molecular complexity index is 366. The minimum absolute atomic E-state index is 0.167. The van der Waals surface area contributed by atoms with E-state index in [4.69, 9.17) is 0 Å². The summed E-state index contributed by atoms with van der Waals surface area (Å²) in [5.41, 5.74) is 1.03. The van der Waals surface area contributed by atoms with Crippen molar-refractivity contribution in [2.45, 2.75) is 46.1 Å². The fraction of sp³-hybridized carbons (Fsp3) is 0.600. The Hall–Kier alpha value is -0.410. The summed E-state index contributed by atoms with van der Waals surface area (Å²) in [5, 5.41) is 3.44. The molecule has 0 fully saturated rings. The Morgan fingerprint density at radius 3 is 2.61 bits per heavy atom. The zero-order valence-electron chi connectivity index (χ0n) is 11.5. The Balaban J connectivity index is 2.73. The van der Waals surface area contributed by atoms with Gasteiger partial charge in [0.1, 0.15) is 5.82 Å². The standard InChI is InChI=1S/C15H23BrFN/c1-4-18-15(7-5-6-11(2)3)13-10-12(17)8-9-14(13)16/h8-11,15,18H,4-7H2,1-3H3. The van der Waals surface area contributed by atoms with Gasteiger partial charge < -0.3 is 5.32 Å². The Kier molecular flexibility index (Phi) is 6.87. The molecule has 1 N–H and O–H groups in total. The van der Waals surface area contributed by atoms with Gasteiger partial charge in [-0.25, -0.2) is 4.39 Å². The zero-order valence-corrected chi connectivity index (χ0v) is 13.1. The van der Waals surface area contributed by atoms with Crippen LogP contribution in [0.1, 0.15) is 51.6 Å². The molecule has 0 saturated heterocycles. The Labute approximate surface area is 118 Å².